The van der Waals surface area contributed by atoms with Crippen LogP contribution in [0.4, 0.5) is 11.4 Å². The number of hydrogen-bond donors (Lipinski definition) is 1. The van der Waals surface area contributed by atoms with Gasteiger partial charge in [0.05, 0.1) is 21.8 Å². The first kappa shape index (κ1) is 23.8. The third-order valence-electron chi connectivity index (χ3n) is 5.22. The van der Waals surface area contributed by atoms with E-state index in [1.54, 1.807) is 54.8 Å². The molecule has 7 nitrogen and oxygen atoms in total. The van der Waals surface area contributed by atoms with Gasteiger partial charge >= 0.3 is 5.97 Å². The van der Waals surface area contributed by atoms with Crippen LogP contribution in [0.15, 0.2) is 84.2 Å². The molecular formula is C27H23N3O4S. The number of para-hydroxylation sites is 1. The lowest BCUT2D eigenvalue weighted by atomic mass is 10.1. The summed E-state index contributed by atoms with van der Waals surface area (Å²) in [7, 11) is 1.63. The fraction of sp³-hybridized carbons (Fsp3) is 0.111. The first-order valence-corrected chi connectivity index (χ1v) is 11.7. The highest BCUT2D eigenvalue weighted by Gasteiger charge is 2.22. The van der Waals surface area contributed by atoms with Crippen molar-refractivity contribution in [2.45, 2.75) is 6.92 Å². The van der Waals surface area contributed by atoms with Gasteiger partial charge in [0.25, 0.3) is 11.8 Å². The van der Waals surface area contributed by atoms with E-state index in [2.05, 4.69) is 10.3 Å². The molecule has 0 fully saturated rings. The van der Waals surface area contributed by atoms with Crippen molar-refractivity contribution in [1.82, 2.24) is 4.98 Å². The Hall–Kier alpha value is -4.30. The molecule has 0 aliphatic rings. The monoisotopic (exact) mass is 485 g/mol. The molecule has 0 aliphatic heterocycles. The van der Waals surface area contributed by atoms with Crippen molar-refractivity contribution >= 4 is 40.5 Å². The number of anilines is 2. The van der Waals surface area contributed by atoms with Crippen LogP contribution < -0.4 is 10.2 Å². The molecule has 0 unspecified atom stereocenters. The lowest BCUT2D eigenvalue weighted by Crippen LogP contribution is -2.28. The Balaban J connectivity index is 1.40. The number of thiazole rings is 1. The van der Waals surface area contributed by atoms with E-state index in [-0.39, 0.29) is 17.0 Å². The van der Waals surface area contributed by atoms with Crippen LogP contribution >= 0.6 is 11.3 Å². The molecule has 35 heavy (non-hydrogen) atoms. The maximum atomic E-state index is 13.0. The lowest BCUT2D eigenvalue weighted by molar-refractivity contribution is -0.119. The van der Waals surface area contributed by atoms with Crippen LogP contribution in [0.3, 0.4) is 0 Å². The van der Waals surface area contributed by atoms with E-state index in [4.69, 9.17) is 4.74 Å². The van der Waals surface area contributed by atoms with Crippen LogP contribution in [0.25, 0.3) is 11.3 Å². The van der Waals surface area contributed by atoms with E-state index in [0.717, 1.165) is 16.3 Å². The van der Waals surface area contributed by atoms with Gasteiger partial charge in [0, 0.05) is 29.4 Å². The highest BCUT2D eigenvalue weighted by molar-refractivity contribution is 7.09. The van der Waals surface area contributed by atoms with E-state index in [9.17, 15) is 14.4 Å². The van der Waals surface area contributed by atoms with Gasteiger partial charge in [-0.2, -0.15) is 0 Å². The zero-order chi connectivity index (χ0) is 24.8. The minimum atomic E-state index is -0.753. The predicted octanol–water partition coefficient (Wildman–Crippen LogP) is 5.19. The summed E-state index contributed by atoms with van der Waals surface area (Å²) in [6.45, 7) is 1.44. The Morgan fingerprint density at radius 1 is 0.943 bits per heavy atom. The highest BCUT2D eigenvalue weighted by atomic mass is 32.1. The molecule has 4 rings (SSSR count). The Morgan fingerprint density at radius 2 is 1.66 bits per heavy atom. The number of benzene rings is 3. The van der Waals surface area contributed by atoms with Crippen molar-refractivity contribution in [3.8, 4) is 11.3 Å². The zero-order valence-corrected chi connectivity index (χ0v) is 20.0. The van der Waals surface area contributed by atoms with Crippen molar-refractivity contribution in [3.05, 3.63) is 100 Å². The Morgan fingerprint density at radius 3 is 2.37 bits per heavy atom. The van der Waals surface area contributed by atoms with E-state index in [1.807, 2.05) is 48.7 Å². The van der Waals surface area contributed by atoms with Gasteiger partial charge in [-0.15, -0.1) is 11.3 Å². The zero-order valence-electron chi connectivity index (χ0n) is 19.2. The molecule has 0 spiro atoms. The fourth-order valence-corrected chi connectivity index (χ4v) is 4.08. The normalized spacial score (nSPS) is 10.5. The Bertz CT molecular complexity index is 1370. The van der Waals surface area contributed by atoms with Crippen molar-refractivity contribution in [2.75, 3.05) is 23.9 Å². The molecule has 176 valence electrons. The predicted molar refractivity (Wildman–Crippen MR) is 137 cm³/mol. The van der Waals surface area contributed by atoms with Crippen molar-refractivity contribution in [1.29, 1.82) is 0 Å². The molecule has 1 heterocycles. The van der Waals surface area contributed by atoms with E-state index >= 15 is 0 Å². The Labute approximate surface area is 207 Å². The number of hydrogen-bond acceptors (Lipinski definition) is 6. The van der Waals surface area contributed by atoms with Gasteiger partial charge in [0.2, 0.25) is 0 Å². The van der Waals surface area contributed by atoms with Crippen LogP contribution in [-0.4, -0.2) is 36.4 Å². The standard InChI is InChI=1S/C27H23N3O4S/c1-18-28-24(17-35-18)19-9-8-10-20(15-19)29-25(31)16-34-27(33)23-14-7-6-13-22(23)26(32)30(2)21-11-4-3-5-12-21/h3-15,17H,16H2,1-2H3,(H,29,31). The third kappa shape index (κ3) is 5.80. The van der Waals surface area contributed by atoms with Crippen molar-refractivity contribution < 1.29 is 19.1 Å². The maximum Gasteiger partial charge on any atom is 0.339 e. The molecule has 0 atom stereocenters. The second kappa shape index (κ2) is 10.8. The number of aromatic nitrogens is 1. The minimum Gasteiger partial charge on any atom is -0.452 e. The molecule has 0 radical (unpaired) electrons. The number of nitrogens with zero attached hydrogens (tertiary/aromatic N) is 2. The van der Waals surface area contributed by atoms with Crippen LogP contribution in [0.1, 0.15) is 25.7 Å². The summed E-state index contributed by atoms with van der Waals surface area (Å²) in [5.74, 6) is -1.60. The highest BCUT2D eigenvalue weighted by Crippen LogP contribution is 2.24. The summed E-state index contributed by atoms with van der Waals surface area (Å²) in [5, 5.41) is 5.63. The van der Waals surface area contributed by atoms with Gasteiger partial charge in [-0.25, -0.2) is 9.78 Å². The molecular weight excluding hydrogens is 462 g/mol. The van der Waals surface area contributed by atoms with Crippen LogP contribution in [-0.2, 0) is 9.53 Å². The maximum absolute atomic E-state index is 13.0. The van der Waals surface area contributed by atoms with Gasteiger partial charge in [0.15, 0.2) is 6.61 Å². The number of carbonyl (C=O) groups excluding carboxylic acids is 3. The average Bonchev–Trinajstić information content (AvgIpc) is 3.33. The SMILES string of the molecule is Cc1nc(-c2cccc(NC(=O)COC(=O)c3ccccc3C(=O)N(C)c3ccccc3)c2)cs1. The fourth-order valence-electron chi connectivity index (χ4n) is 3.46. The number of amides is 2. The molecule has 0 aliphatic carbocycles. The molecule has 3 aromatic carbocycles. The van der Waals surface area contributed by atoms with Crippen molar-refractivity contribution in [3.63, 3.8) is 0 Å². The number of rotatable bonds is 7. The van der Waals surface area contributed by atoms with Gasteiger partial charge in [-0.3, -0.25) is 9.59 Å². The van der Waals surface area contributed by atoms with Gasteiger partial charge in [-0.05, 0) is 43.3 Å². The van der Waals surface area contributed by atoms with E-state index < -0.39 is 18.5 Å². The second-order valence-electron chi connectivity index (χ2n) is 7.70. The third-order valence-corrected chi connectivity index (χ3v) is 5.99. The molecule has 4 aromatic rings. The average molecular weight is 486 g/mol. The molecule has 1 aromatic heterocycles. The number of aryl methyl sites for hydroxylation is 1. The second-order valence-corrected chi connectivity index (χ2v) is 8.76. The summed E-state index contributed by atoms with van der Waals surface area (Å²) in [4.78, 5) is 44.1. The van der Waals surface area contributed by atoms with Gasteiger partial charge in [0.1, 0.15) is 0 Å². The van der Waals surface area contributed by atoms with Crippen LogP contribution in [0.2, 0.25) is 0 Å². The smallest absolute Gasteiger partial charge is 0.339 e. The molecule has 0 bridgehead atoms. The van der Waals surface area contributed by atoms with E-state index in [0.29, 0.717) is 11.4 Å². The first-order chi connectivity index (χ1) is 16.9. The topological polar surface area (TPSA) is 88.6 Å². The largest absolute Gasteiger partial charge is 0.452 e. The summed E-state index contributed by atoms with van der Waals surface area (Å²) in [6, 6.07) is 22.8. The number of esters is 1. The van der Waals surface area contributed by atoms with Gasteiger partial charge < -0.3 is 15.0 Å². The number of carbonyl (C=O) groups is 3. The molecule has 2 amide bonds. The van der Waals surface area contributed by atoms with E-state index in [1.165, 1.54) is 11.0 Å². The number of ether oxygens (including phenoxy) is 1. The summed E-state index contributed by atoms with van der Waals surface area (Å²) in [5.41, 5.74) is 3.24. The Kier molecular flexibility index (Phi) is 7.32. The van der Waals surface area contributed by atoms with Crippen molar-refractivity contribution in [2.24, 2.45) is 0 Å². The summed E-state index contributed by atoms with van der Waals surface area (Å²) >= 11 is 1.55. The molecule has 0 saturated carbocycles. The van der Waals surface area contributed by atoms with Crippen LogP contribution in [0.5, 0.6) is 0 Å². The summed E-state index contributed by atoms with van der Waals surface area (Å²) < 4.78 is 5.22. The van der Waals surface area contributed by atoms with Gasteiger partial charge in [-0.1, -0.05) is 42.5 Å². The number of nitrogens with one attached hydrogen (secondary N) is 1. The lowest BCUT2D eigenvalue weighted by Gasteiger charge is -2.18. The molecule has 1 N–H and O–H groups in total. The minimum absolute atomic E-state index is 0.0916. The van der Waals surface area contributed by atoms with Crippen LogP contribution in [0, 0.1) is 6.92 Å². The summed E-state index contributed by atoms with van der Waals surface area (Å²) in [6.07, 6.45) is 0. The quantitative estimate of drug-likeness (QED) is 0.364. The molecule has 8 heteroatoms. The molecule has 0 saturated heterocycles. The first-order valence-electron chi connectivity index (χ1n) is 10.8.